The van der Waals surface area contributed by atoms with E-state index in [4.69, 9.17) is 4.74 Å². The van der Waals surface area contributed by atoms with Crippen molar-refractivity contribution >= 4 is 16.8 Å². The van der Waals surface area contributed by atoms with E-state index in [2.05, 4.69) is 52.6 Å². The summed E-state index contributed by atoms with van der Waals surface area (Å²) in [5.74, 6) is 0.480. The van der Waals surface area contributed by atoms with E-state index in [1.54, 1.807) is 4.68 Å². The Labute approximate surface area is 179 Å². The molecule has 1 fully saturated rings. The first-order valence-corrected chi connectivity index (χ1v) is 10.5. The number of rotatable bonds is 4. The van der Waals surface area contributed by atoms with Crippen molar-refractivity contribution < 1.29 is 9.53 Å². The quantitative estimate of drug-likeness (QED) is 0.551. The molecule has 3 heterocycles. The zero-order valence-electron chi connectivity index (χ0n) is 17.6. The summed E-state index contributed by atoms with van der Waals surface area (Å²) in [6.45, 7) is 6.78. The highest BCUT2D eigenvalue weighted by molar-refractivity contribution is 5.94. The number of ether oxygens (including phenoxy) is 1. The highest BCUT2D eigenvalue weighted by atomic mass is 16.5. The molecule has 0 spiro atoms. The standard InChI is InChI=1S/C23H24N6O2/c1-15(2)17-5-8-19-20(13-17)24-26-22(19)21-14-29(27-25-21)18-6-3-16(4-7-18)23(30)28-9-11-31-12-10-28/h3-8,13-15H,9-12H2,1-2H3,(H,24,26). The summed E-state index contributed by atoms with van der Waals surface area (Å²) in [5, 5.41) is 17.2. The van der Waals surface area contributed by atoms with Gasteiger partial charge in [0.15, 0.2) is 0 Å². The predicted molar refractivity (Wildman–Crippen MR) is 117 cm³/mol. The van der Waals surface area contributed by atoms with Crippen LogP contribution in [0.5, 0.6) is 0 Å². The van der Waals surface area contributed by atoms with E-state index in [-0.39, 0.29) is 5.91 Å². The number of morpholine rings is 1. The smallest absolute Gasteiger partial charge is 0.254 e. The molecule has 1 amide bonds. The minimum absolute atomic E-state index is 0.0258. The van der Waals surface area contributed by atoms with Gasteiger partial charge in [-0.1, -0.05) is 31.2 Å². The molecule has 5 rings (SSSR count). The van der Waals surface area contributed by atoms with Crippen LogP contribution in [0.2, 0.25) is 0 Å². The van der Waals surface area contributed by atoms with Gasteiger partial charge in [0.2, 0.25) is 0 Å². The van der Waals surface area contributed by atoms with Gasteiger partial charge in [-0.3, -0.25) is 9.89 Å². The molecule has 0 saturated carbocycles. The maximum atomic E-state index is 12.6. The Morgan fingerprint density at radius 1 is 1.10 bits per heavy atom. The molecule has 0 bridgehead atoms. The minimum atomic E-state index is 0.0258. The van der Waals surface area contributed by atoms with Gasteiger partial charge in [-0.25, -0.2) is 4.68 Å². The Hall–Kier alpha value is -3.52. The summed E-state index contributed by atoms with van der Waals surface area (Å²) >= 11 is 0. The molecule has 2 aromatic carbocycles. The summed E-state index contributed by atoms with van der Waals surface area (Å²) < 4.78 is 7.01. The molecule has 1 aliphatic rings. The Balaban J connectivity index is 1.38. The van der Waals surface area contributed by atoms with Crippen LogP contribution in [0.15, 0.2) is 48.7 Å². The highest BCUT2D eigenvalue weighted by Gasteiger charge is 2.19. The molecule has 0 aliphatic carbocycles. The van der Waals surface area contributed by atoms with Crippen molar-refractivity contribution in [3.05, 3.63) is 59.8 Å². The number of hydrogen-bond donors (Lipinski definition) is 1. The zero-order chi connectivity index (χ0) is 21.4. The highest BCUT2D eigenvalue weighted by Crippen LogP contribution is 2.27. The molecule has 1 N–H and O–H groups in total. The van der Waals surface area contributed by atoms with Crippen LogP contribution in [0.25, 0.3) is 28.0 Å². The minimum Gasteiger partial charge on any atom is -0.378 e. The molecular formula is C23H24N6O2. The van der Waals surface area contributed by atoms with E-state index in [0.29, 0.717) is 43.5 Å². The zero-order valence-corrected chi connectivity index (χ0v) is 17.6. The summed E-state index contributed by atoms with van der Waals surface area (Å²) in [6.07, 6.45) is 1.85. The van der Waals surface area contributed by atoms with Crippen LogP contribution in [-0.2, 0) is 4.74 Å². The van der Waals surface area contributed by atoms with Crippen molar-refractivity contribution in [1.82, 2.24) is 30.1 Å². The van der Waals surface area contributed by atoms with E-state index in [1.807, 2.05) is 35.4 Å². The third-order valence-electron chi connectivity index (χ3n) is 5.67. The number of hydrogen-bond acceptors (Lipinski definition) is 5. The second-order valence-corrected chi connectivity index (χ2v) is 8.03. The Bertz CT molecular complexity index is 1220. The SMILES string of the molecule is CC(C)c1ccc2c(-c3cn(-c4ccc(C(=O)N5CCOCC5)cc4)nn3)n[nH]c2c1. The maximum Gasteiger partial charge on any atom is 0.254 e. The number of fused-ring (bicyclic) bond motifs is 1. The molecule has 4 aromatic rings. The molecule has 158 valence electrons. The molecule has 2 aromatic heterocycles. The van der Waals surface area contributed by atoms with Gasteiger partial charge < -0.3 is 9.64 Å². The lowest BCUT2D eigenvalue weighted by atomic mass is 10.0. The van der Waals surface area contributed by atoms with Gasteiger partial charge in [-0.15, -0.1) is 5.10 Å². The van der Waals surface area contributed by atoms with E-state index >= 15 is 0 Å². The summed E-state index contributed by atoms with van der Waals surface area (Å²) in [5.41, 5.74) is 5.21. The predicted octanol–water partition coefficient (Wildman–Crippen LogP) is 3.41. The lowest BCUT2D eigenvalue weighted by Gasteiger charge is -2.26. The Morgan fingerprint density at radius 2 is 1.87 bits per heavy atom. The second kappa shape index (κ2) is 7.96. The van der Waals surface area contributed by atoms with Crippen molar-refractivity contribution in [2.45, 2.75) is 19.8 Å². The van der Waals surface area contributed by atoms with Crippen molar-refractivity contribution in [3.8, 4) is 17.1 Å². The summed E-state index contributed by atoms with van der Waals surface area (Å²) in [6, 6.07) is 13.7. The fourth-order valence-electron chi connectivity index (χ4n) is 3.80. The Morgan fingerprint density at radius 3 is 2.61 bits per heavy atom. The van der Waals surface area contributed by atoms with Gasteiger partial charge in [0.25, 0.3) is 5.91 Å². The third kappa shape index (κ3) is 3.70. The van der Waals surface area contributed by atoms with Gasteiger partial charge in [-0.2, -0.15) is 5.10 Å². The largest absolute Gasteiger partial charge is 0.378 e. The third-order valence-corrected chi connectivity index (χ3v) is 5.67. The number of nitrogens with zero attached hydrogens (tertiary/aromatic N) is 5. The molecule has 0 radical (unpaired) electrons. The number of benzene rings is 2. The number of carbonyl (C=O) groups is 1. The van der Waals surface area contributed by atoms with Crippen LogP contribution < -0.4 is 0 Å². The van der Waals surface area contributed by atoms with Crippen molar-refractivity contribution in [2.75, 3.05) is 26.3 Å². The molecule has 8 nitrogen and oxygen atoms in total. The van der Waals surface area contributed by atoms with Gasteiger partial charge in [-0.05, 0) is 41.8 Å². The normalized spacial score (nSPS) is 14.5. The second-order valence-electron chi connectivity index (χ2n) is 8.03. The first-order valence-electron chi connectivity index (χ1n) is 10.5. The van der Waals surface area contributed by atoms with Crippen LogP contribution in [-0.4, -0.2) is 62.3 Å². The van der Waals surface area contributed by atoms with E-state index in [1.165, 1.54) is 5.56 Å². The lowest BCUT2D eigenvalue weighted by Crippen LogP contribution is -2.40. The fraction of sp³-hybridized carbons (Fsp3) is 0.304. The first-order chi connectivity index (χ1) is 15.1. The molecule has 31 heavy (non-hydrogen) atoms. The topological polar surface area (TPSA) is 88.9 Å². The van der Waals surface area contributed by atoms with Crippen molar-refractivity contribution in [1.29, 1.82) is 0 Å². The van der Waals surface area contributed by atoms with Gasteiger partial charge in [0, 0.05) is 24.0 Å². The van der Waals surface area contributed by atoms with Crippen molar-refractivity contribution in [3.63, 3.8) is 0 Å². The molecule has 0 atom stereocenters. The number of aromatic nitrogens is 5. The number of nitrogens with one attached hydrogen (secondary N) is 1. The fourth-order valence-corrected chi connectivity index (χ4v) is 3.80. The van der Waals surface area contributed by atoms with Crippen LogP contribution in [0.4, 0.5) is 0 Å². The van der Waals surface area contributed by atoms with E-state index in [9.17, 15) is 4.79 Å². The molecule has 0 unspecified atom stereocenters. The summed E-state index contributed by atoms with van der Waals surface area (Å²) in [7, 11) is 0. The van der Waals surface area contributed by atoms with Crippen LogP contribution in [0.1, 0.15) is 35.7 Å². The number of aromatic amines is 1. The summed E-state index contributed by atoms with van der Waals surface area (Å²) in [4.78, 5) is 14.4. The lowest BCUT2D eigenvalue weighted by molar-refractivity contribution is 0.0303. The van der Waals surface area contributed by atoms with Crippen LogP contribution in [0.3, 0.4) is 0 Å². The van der Waals surface area contributed by atoms with Crippen LogP contribution in [0, 0.1) is 0 Å². The Kier molecular flexibility index (Phi) is 4.99. The number of H-pyrrole nitrogens is 1. The molecule has 1 saturated heterocycles. The monoisotopic (exact) mass is 416 g/mol. The number of amides is 1. The molecular weight excluding hydrogens is 392 g/mol. The van der Waals surface area contributed by atoms with E-state index in [0.717, 1.165) is 22.3 Å². The average Bonchev–Trinajstić information content (AvgIpc) is 3.46. The molecule has 8 heteroatoms. The average molecular weight is 416 g/mol. The molecule has 1 aliphatic heterocycles. The maximum absolute atomic E-state index is 12.6. The van der Waals surface area contributed by atoms with Gasteiger partial charge >= 0.3 is 0 Å². The van der Waals surface area contributed by atoms with Gasteiger partial charge in [0.05, 0.1) is 30.6 Å². The number of carbonyl (C=O) groups excluding carboxylic acids is 1. The van der Waals surface area contributed by atoms with Gasteiger partial charge in [0.1, 0.15) is 11.4 Å². The van der Waals surface area contributed by atoms with Crippen molar-refractivity contribution in [2.24, 2.45) is 0 Å². The van der Waals surface area contributed by atoms with Crippen LogP contribution >= 0.6 is 0 Å². The first kappa shape index (κ1) is 19.4. The van der Waals surface area contributed by atoms with E-state index < -0.39 is 0 Å².